The number of aliphatic hydroxyl groups is 1. The second-order valence-electron chi connectivity index (χ2n) is 8.92. The maximum Gasteiger partial charge on any atom is 0.253 e. The molecule has 0 bridgehead atoms. The van der Waals surface area contributed by atoms with E-state index in [4.69, 9.17) is 14.2 Å². The number of ether oxygens (including phenoxy) is 3. The number of sulfonamides is 1. The summed E-state index contributed by atoms with van der Waals surface area (Å²) in [5.74, 6) is 0.628. The molecule has 1 aliphatic heterocycles. The molecule has 0 unspecified atom stereocenters. The van der Waals surface area contributed by atoms with E-state index in [0.717, 1.165) is 5.56 Å². The molecule has 0 saturated carbocycles. The van der Waals surface area contributed by atoms with Crippen molar-refractivity contribution in [3.05, 3.63) is 53.6 Å². The summed E-state index contributed by atoms with van der Waals surface area (Å²) >= 11 is 0. The molecule has 0 spiro atoms. The SMILES string of the molecule is CO[C@@H](CN(C)C(=O)c1ccc2c(c1)OCO2)[C@@H](C)CN([C@H](C)CO)S(=O)(=O)c1ccc(C)cc1. The van der Waals surface area contributed by atoms with Crippen molar-refractivity contribution in [2.45, 2.75) is 37.8 Å². The Morgan fingerprint density at radius 2 is 1.74 bits per heavy atom. The van der Waals surface area contributed by atoms with Crippen LogP contribution >= 0.6 is 0 Å². The minimum absolute atomic E-state index is 0.114. The average Bonchev–Trinajstić information content (AvgIpc) is 3.32. The van der Waals surface area contributed by atoms with Gasteiger partial charge in [-0.05, 0) is 50.1 Å². The molecule has 2 aromatic rings. The van der Waals surface area contributed by atoms with Crippen molar-refractivity contribution in [2.24, 2.45) is 5.92 Å². The number of fused-ring (bicyclic) bond motifs is 1. The zero-order chi connectivity index (χ0) is 25.8. The van der Waals surface area contributed by atoms with Crippen molar-refractivity contribution in [3.8, 4) is 11.5 Å². The molecule has 192 valence electrons. The fourth-order valence-corrected chi connectivity index (χ4v) is 5.67. The lowest BCUT2D eigenvalue weighted by atomic mass is 10.0. The number of nitrogens with zero attached hydrogens (tertiary/aromatic N) is 2. The van der Waals surface area contributed by atoms with Crippen LogP contribution in [0.4, 0.5) is 0 Å². The van der Waals surface area contributed by atoms with Crippen LogP contribution in [-0.2, 0) is 14.8 Å². The number of aryl methyl sites for hydroxylation is 1. The first-order valence-electron chi connectivity index (χ1n) is 11.5. The Morgan fingerprint density at radius 3 is 2.37 bits per heavy atom. The van der Waals surface area contributed by atoms with E-state index < -0.39 is 22.2 Å². The van der Waals surface area contributed by atoms with Gasteiger partial charge >= 0.3 is 0 Å². The predicted molar refractivity (Wildman–Crippen MR) is 131 cm³/mol. The maximum absolute atomic E-state index is 13.4. The van der Waals surface area contributed by atoms with Crippen LogP contribution in [0, 0.1) is 12.8 Å². The van der Waals surface area contributed by atoms with Crippen LogP contribution in [-0.4, -0.2) is 81.4 Å². The highest BCUT2D eigenvalue weighted by Gasteiger charge is 2.33. The molecule has 1 amide bonds. The molecular weight excluding hydrogens is 472 g/mol. The molecule has 9 nitrogen and oxygen atoms in total. The summed E-state index contributed by atoms with van der Waals surface area (Å²) < 4.78 is 44.4. The van der Waals surface area contributed by atoms with Gasteiger partial charge in [-0.25, -0.2) is 8.42 Å². The number of methoxy groups -OCH3 is 1. The summed E-state index contributed by atoms with van der Waals surface area (Å²) in [4.78, 5) is 14.7. The Morgan fingerprint density at radius 1 is 1.09 bits per heavy atom. The molecule has 35 heavy (non-hydrogen) atoms. The average molecular weight is 507 g/mol. The van der Waals surface area contributed by atoms with Crippen LogP contribution in [0.1, 0.15) is 29.8 Å². The monoisotopic (exact) mass is 506 g/mol. The van der Waals surface area contributed by atoms with Gasteiger partial charge in [-0.3, -0.25) is 4.79 Å². The molecule has 1 heterocycles. The topological polar surface area (TPSA) is 106 Å². The van der Waals surface area contributed by atoms with E-state index in [9.17, 15) is 18.3 Å². The third kappa shape index (κ3) is 6.13. The van der Waals surface area contributed by atoms with Gasteiger partial charge in [-0.2, -0.15) is 4.31 Å². The Hall–Kier alpha value is -2.66. The Bertz CT molecular complexity index is 1120. The molecule has 1 N–H and O–H groups in total. The van der Waals surface area contributed by atoms with Gasteiger partial charge in [0.2, 0.25) is 16.8 Å². The van der Waals surface area contributed by atoms with E-state index in [1.165, 1.54) is 16.3 Å². The lowest BCUT2D eigenvalue weighted by Gasteiger charge is -2.33. The molecule has 0 aromatic heterocycles. The lowest BCUT2D eigenvalue weighted by Crippen LogP contribution is -2.47. The molecule has 0 aliphatic carbocycles. The molecule has 2 aromatic carbocycles. The molecule has 10 heteroatoms. The number of carbonyl (C=O) groups is 1. The number of benzene rings is 2. The molecule has 0 saturated heterocycles. The van der Waals surface area contributed by atoms with E-state index in [2.05, 4.69) is 0 Å². The van der Waals surface area contributed by atoms with Crippen molar-refractivity contribution in [1.29, 1.82) is 0 Å². The maximum atomic E-state index is 13.4. The summed E-state index contributed by atoms with van der Waals surface area (Å²) in [6.45, 7) is 5.58. The largest absolute Gasteiger partial charge is 0.454 e. The minimum atomic E-state index is -3.85. The van der Waals surface area contributed by atoms with Crippen molar-refractivity contribution in [1.82, 2.24) is 9.21 Å². The van der Waals surface area contributed by atoms with Crippen LogP contribution in [0.3, 0.4) is 0 Å². The van der Waals surface area contributed by atoms with Crippen LogP contribution in [0.15, 0.2) is 47.4 Å². The highest BCUT2D eigenvalue weighted by atomic mass is 32.2. The van der Waals surface area contributed by atoms with Gasteiger partial charge in [-0.1, -0.05) is 24.6 Å². The molecular formula is C25H34N2O7S. The van der Waals surface area contributed by atoms with E-state index >= 15 is 0 Å². The summed E-state index contributed by atoms with van der Waals surface area (Å²) in [5, 5.41) is 9.77. The highest BCUT2D eigenvalue weighted by molar-refractivity contribution is 7.89. The third-order valence-corrected chi connectivity index (χ3v) is 8.20. The van der Waals surface area contributed by atoms with Gasteiger partial charge in [0.25, 0.3) is 5.91 Å². The first-order valence-corrected chi connectivity index (χ1v) is 12.9. The van der Waals surface area contributed by atoms with E-state index in [-0.39, 0.29) is 43.2 Å². The third-order valence-electron chi connectivity index (χ3n) is 6.21. The van der Waals surface area contributed by atoms with Gasteiger partial charge in [0.15, 0.2) is 11.5 Å². The number of likely N-dealkylation sites (N-methyl/N-ethyl adjacent to an activating group) is 1. The van der Waals surface area contributed by atoms with Crippen molar-refractivity contribution in [3.63, 3.8) is 0 Å². The summed E-state index contributed by atoms with van der Waals surface area (Å²) in [7, 11) is -0.643. The molecule has 3 rings (SSSR count). The van der Waals surface area contributed by atoms with E-state index in [0.29, 0.717) is 17.1 Å². The fourth-order valence-electron chi connectivity index (χ4n) is 3.94. The normalized spacial score (nSPS) is 15.6. The lowest BCUT2D eigenvalue weighted by molar-refractivity contribution is 0.0221. The number of carbonyl (C=O) groups excluding carboxylic acids is 1. The van der Waals surface area contributed by atoms with Crippen LogP contribution < -0.4 is 9.47 Å². The second kappa shape index (κ2) is 11.4. The predicted octanol–water partition coefficient (Wildman–Crippen LogP) is 2.52. The fraction of sp³-hybridized carbons (Fsp3) is 0.480. The van der Waals surface area contributed by atoms with Gasteiger partial charge < -0.3 is 24.2 Å². The van der Waals surface area contributed by atoms with Crippen molar-refractivity contribution >= 4 is 15.9 Å². The van der Waals surface area contributed by atoms with Gasteiger partial charge in [0.1, 0.15) is 0 Å². The Kier molecular flexibility index (Phi) is 8.76. The first kappa shape index (κ1) is 26.9. The Labute approximate surface area is 207 Å². The summed E-state index contributed by atoms with van der Waals surface area (Å²) in [6, 6.07) is 11.0. The number of hydrogen-bond acceptors (Lipinski definition) is 7. The van der Waals surface area contributed by atoms with Crippen LogP contribution in [0.2, 0.25) is 0 Å². The molecule has 3 atom stereocenters. The van der Waals surface area contributed by atoms with Crippen LogP contribution in [0.5, 0.6) is 11.5 Å². The quantitative estimate of drug-likeness (QED) is 0.499. The zero-order valence-corrected chi connectivity index (χ0v) is 21.6. The number of aliphatic hydroxyl groups excluding tert-OH is 1. The second-order valence-corrected chi connectivity index (χ2v) is 10.8. The highest BCUT2D eigenvalue weighted by Crippen LogP contribution is 2.33. The van der Waals surface area contributed by atoms with Crippen molar-refractivity contribution in [2.75, 3.05) is 40.6 Å². The number of amides is 1. The van der Waals surface area contributed by atoms with Gasteiger partial charge in [0.05, 0.1) is 17.6 Å². The standard InChI is InChI=1S/C25H34N2O7S/c1-17-6-9-21(10-7-17)35(30,31)27(19(3)15-28)13-18(2)24(32-5)14-26(4)25(29)20-8-11-22-23(12-20)34-16-33-22/h6-12,18-19,24,28H,13-16H2,1-5H3/t18-,19+,24-/m0/s1. The van der Waals surface area contributed by atoms with E-state index in [1.807, 2.05) is 13.8 Å². The van der Waals surface area contributed by atoms with E-state index in [1.54, 1.807) is 56.4 Å². The molecule has 0 fully saturated rings. The number of hydrogen-bond donors (Lipinski definition) is 1. The van der Waals surface area contributed by atoms with Gasteiger partial charge in [0, 0.05) is 38.9 Å². The van der Waals surface area contributed by atoms with Crippen LogP contribution in [0.25, 0.3) is 0 Å². The smallest absolute Gasteiger partial charge is 0.253 e. The molecule has 1 aliphatic rings. The first-order chi connectivity index (χ1) is 16.6. The van der Waals surface area contributed by atoms with Gasteiger partial charge in [-0.15, -0.1) is 0 Å². The zero-order valence-electron chi connectivity index (χ0n) is 20.8. The summed E-state index contributed by atoms with van der Waals surface area (Å²) in [6.07, 6.45) is -0.445. The minimum Gasteiger partial charge on any atom is -0.454 e. The molecule has 0 radical (unpaired) electrons. The Balaban J connectivity index is 1.73. The summed E-state index contributed by atoms with van der Waals surface area (Å²) in [5.41, 5.74) is 1.41. The van der Waals surface area contributed by atoms with Crippen molar-refractivity contribution < 1.29 is 32.5 Å². The number of rotatable bonds is 11.